The van der Waals surface area contributed by atoms with E-state index in [-0.39, 0.29) is 60.1 Å². The molecule has 5 N–H and O–H groups in total. The number of fused-ring (bicyclic) bond motifs is 1. The van der Waals surface area contributed by atoms with E-state index in [1.54, 1.807) is 29.0 Å². The minimum atomic E-state index is -6.17. The Hall–Kier alpha value is -7.37. The summed E-state index contributed by atoms with van der Waals surface area (Å²) in [5.74, 6) is -1.50. The second kappa shape index (κ2) is 34.9. The lowest BCUT2D eigenvalue weighted by Crippen LogP contribution is -2.57. The third-order valence-corrected chi connectivity index (χ3v) is 26.9. The number of thiazole rings is 1. The maximum atomic E-state index is 14.6. The molecule has 5 heterocycles. The van der Waals surface area contributed by atoms with Gasteiger partial charge in [-0.1, -0.05) is 119 Å². The van der Waals surface area contributed by atoms with E-state index in [9.17, 15) is 59.1 Å². The van der Waals surface area contributed by atoms with Gasteiger partial charge in [0.25, 0.3) is 25.8 Å². The zero-order valence-electron chi connectivity index (χ0n) is 62.4. The van der Waals surface area contributed by atoms with E-state index in [1.165, 1.54) is 45.5 Å². The number of piperazine rings is 1. The molecule has 108 heavy (non-hydrogen) atoms. The Labute approximate surface area is 646 Å². The van der Waals surface area contributed by atoms with Crippen molar-refractivity contribution in [3.8, 4) is 10.4 Å². The number of benzene rings is 5. The molecule has 0 saturated carbocycles. The smallest absolute Gasteiger partial charge is 0.391 e. The van der Waals surface area contributed by atoms with Crippen LogP contribution in [-0.4, -0.2) is 184 Å². The molecule has 5 aliphatic rings. The number of hydrogen-bond acceptors (Lipinski definition) is 17. The molecule has 0 unspecified atom stereocenters. The zero-order chi connectivity index (χ0) is 77.5. The van der Waals surface area contributed by atoms with Crippen LogP contribution in [0.15, 0.2) is 147 Å². The van der Waals surface area contributed by atoms with Gasteiger partial charge in [0.2, 0.25) is 23.6 Å². The van der Waals surface area contributed by atoms with Gasteiger partial charge in [0.05, 0.1) is 38.8 Å². The van der Waals surface area contributed by atoms with E-state index in [2.05, 4.69) is 61.6 Å². The molecule has 28 heteroatoms. The van der Waals surface area contributed by atoms with Crippen LogP contribution in [0.1, 0.15) is 145 Å². The first-order chi connectivity index (χ1) is 51.2. The summed E-state index contributed by atoms with van der Waals surface area (Å²) in [4.78, 5) is 83.1. The number of nitrogens with one attached hydrogen (secondary N) is 4. The Kier molecular flexibility index (Phi) is 26.4. The van der Waals surface area contributed by atoms with Crippen LogP contribution in [0.3, 0.4) is 0 Å². The van der Waals surface area contributed by atoms with Gasteiger partial charge < -0.3 is 40.7 Å². The predicted molar refractivity (Wildman–Crippen MR) is 419 cm³/mol. The van der Waals surface area contributed by atoms with Crippen molar-refractivity contribution in [1.82, 2.24) is 39.9 Å². The molecule has 20 nitrogen and oxygen atoms in total. The van der Waals surface area contributed by atoms with Crippen LogP contribution in [0.5, 0.6) is 0 Å². The monoisotopic (exact) mass is 1580 g/mol. The number of carbonyl (C=O) groups excluding carboxylic acids is 5. The minimum absolute atomic E-state index is 0.0333. The molecule has 5 amide bonds. The average Bonchev–Trinajstić information content (AvgIpc) is 1.18. The number of sulfone groups is 1. The molecular formula is C80H100ClF3N10O10S4. The Balaban J connectivity index is 0.633. The highest BCUT2D eigenvalue weighted by Gasteiger charge is 2.50. The lowest BCUT2D eigenvalue weighted by molar-refractivity contribution is -0.144. The largest absolute Gasteiger partial charge is 0.501 e. The number of unbranched alkanes of at least 4 members (excludes halogenated alkanes) is 3. The van der Waals surface area contributed by atoms with Gasteiger partial charge >= 0.3 is 5.51 Å². The Morgan fingerprint density at radius 3 is 2.07 bits per heavy atom. The predicted octanol–water partition coefficient (Wildman–Crippen LogP) is 13.0. The number of alkyl halides is 3. The van der Waals surface area contributed by atoms with Crippen LogP contribution >= 0.6 is 34.7 Å². The van der Waals surface area contributed by atoms with Gasteiger partial charge in [-0.15, -0.1) is 23.1 Å². The lowest BCUT2D eigenvalue weighted by atomic mass is 9.73. The average molecular weight is 1580 g/mol. The molecule has 5 aromatic carbocycles. The third-order valence-electron chi connectivity index (χ3n) is 21.6. The number of sulfonamides is 1. The number of thioether (sulfide) groups is 1. The van der Waals surface area contributed by atoms with Gasteiger partial charge in [-0.25, -0.2) is 26.5 Å². The number of nitrogens with zero attached hydrogens (tertiary/aromatic N) is 6. The second-order valence-corrected chi connectivity index (χ2v) is 37.4. The Morgan fingerprint density at radius 2 is 1.44 bits per heavy atom. The number of likely N-dealkylation sites (tertiary alicyclic amines) is 3. The van der Waals surface area contributed by atoms with E-state index < -0.39 is 88.2 Å². The molecule has 4 aliphatic heterocycles. The number of halogens is 4. The molecule has 0 spiro atoms. The van der Waals surface area contributed by atoms with Gasteiger partial charge in [0.15, 0.2) is 0 Å². The summed E-state index contributed by atoms with van der Waals surface area (Å²) in [7, 11) is -11.1. The molecule has 0 radical (unpaired) electrons. The number of rotatable bonds is 29. The number of aromatic nitrogens is 1. The molecule has 582 valence electrons. The van der Waals surface area contributed by atoms with Gasteiger partial charge in [-0.2, -0.15) is 13.2 Å². The standard InChI is InChI=1S/C80H100ClF3N10O10S4/c1-52(54-19-21-56(22-20-54)73-53(2)85-51-106-73)86-76(99)69-41-64(95)49-94(69)77(100)74(78(3,4)5)88-71(96)17-13-8-9-14-18-72(97)93-47-59-45-91(46-60(59)48-93)36-34-62(50-105-65-15-11-10-12-16-65)87-68-32-31-66(42-70(68)107(101,102)80(82,83)84)108(103,104)89-75(98)57-25-29-63(30-26-57)92-39-37-90(38-40-92)44-58-43-79(6,7)35-33-67(58)55-23-27-61(81)28-24-55/h10-12,15-16,19-32,42,51-52,59-60,62,64,69,74,87,95H,8-9,13-14,17-18,33-41,43-50H2,1-7H3,(H,86,99)(H,88,96)(H,89,98)/t52-,59-,60+,62+,64+,69-,74+/m0/s1. The van der Waals surface area contributed by atoms with E-state index in [0.29, 0.717) is 101 Å². The summed E-state index contributed by atoms with van der Waals surface area (Å²) in [5.41, 5.74) is 2.64. The van der Waals surface area contributed by atoms with Crippen LogP contribution in [0, 0.1) is 29.6 Å². The maximum Gasteiger partial charge on any atom is 0.501 e. The highest BCUT2D eigenvalue weighted by molar-refractivity contribution is 7.99. The van der Waals surface area contributed by atoms with Crippen molar-refractivity contribution in [2.75, 3.05) is 88.0 Å². The minimum Gasteiger partial charge on any atom is -0.391 e. The number of anilines is 2. The first kappa shape index (κ1) is 81.6. The van der Waals surface area contributed by atoms with Crippen LogP contribution in [-0.2, 0) is 39.0 Å². The van der Waals surface area contributed by atoms with Crippen LogP contribution in [0.2, 0.25) is 5.02 Å². The molecule has 6 aromatic rings. The fraction of sp³-hybridized carbons (Fsp3) is 0.500. The van der Waals surface area contributed by atoms with Crippen LogP contribution in [0.25, 0.3) is 16.0 Å². The Morgan fingerprint density at radius 1 is 0.778 bits per heavy atom. The Bertz CT molecular complexity index is 4430. The number of carbonyl (C=O) groups is 5. The summed E-state index contributed by atoms with van der Waals surface area (Å²) in [6, 6.07) is 31.1. The van der Waals surface area contributed by atoms with Gasteiger partial charge in [0, 0.05) is 124 Å². The number of amides is 5. The fourth-order valence-electron chi connectivity index (χ4n) is 15.5. The van der Waals surface area contributed by atoms with E-state index in [4.69, 9.17) is 11.6 Å². The number of β-amino-alcohol motifs (C(OH)–C–C–N with tert-alkyl or cyclic N) is 1. The van der Waals surface area contributed by atoms with Crippen LogP contribution < -0.4 is 25.6 Å². The summed E-state index contributed by atoms with van der Waals surface area (Å²) >= 11 is 9.21. The first-order valence-corrected chi connectivity index (χ1v) is 42.5. The van der Waals surface area contributed by atoms with Crippen molar-refractivity contribution >= 4 is 101 Å². The third kappa shape index (κ3) is 20.6. The fourth-order valence-corrected chi connectivity index (χ4v) is 19.4. The summed E-state index contributed by atoms with van der Waals surface area (Å²) in [6.45, 7) is 20.7. The molecule has 0 bridgehead atoms. The van der Waals surface area contributed by atoms with E-state index >= 15 is 0 Å². The summed E-state index contributed by atoms with van der Waals surface area (Å²) in [6.07, 6.45) is 5.62. The molecule has 1 aliphatic carbocycles. The quantitative estimate of drug-likeness (QED) is 0.0216. The molecule has 1 aromatic heterocycles. The SMILES string of the molecule is Cc1ncsc1-c1ccc([C@H](C)NC(=O)[C@@H]2C[C@@H](O)CN2C(=O)[C@@H](NC(=O)CCCCCCC(=O)N2C[C@H]3CN(CC[C@H](CSc4ccccc4)Nc4ccc(S(=O)(=O)NC(=O)c5ccc(N6CCN(CC7=C(c8ccc(Cl)cc8)CCC(C)(C)C7)CC6)cc5)cc4S(=O)(=O)C(F)(F)F)C[C@H]3C2)C(C)(C)C)cc1. The second-order valence-electron chi connectivity index (χ2n) is 31.4. The zero-order valence-corrected chi connectivity index (χ0v) is 66.4. The van der Waals surface area contributed by atoms with Gasteiger partial charge in [-0.3, -0.25) is 28.9 Å². The number of hydrogen-bond donors (Lipinski definition) is 5. The van der Waals surface area contributed by atoms with Crippen molar-refractivity contribution in [2.45, 2.75) is 170 Å². The highest BCUT2D eigenvalue weighted by atomic mass is 35.5. The van der Waals surface area contributed by atoms with E-state index in [0.717, 1.165) is 83.3 Å². The lowest BCUT2D eigenvalue weighted by Gasteiger charge is -2.39. The van der Waals surface area contributed by atoms with Crippen molar-refractivity contribution in [3.63, 3.8) is 0 Å². The number of aliphatic hydroxyl groups is 1. The molecule has 4 fully saturated rings. The van der Waals surface area contributed by atoms with Gasteiger partial charge in [0.1, 0.15) is 17.0 Å². The van der Waals surface area contributed by atoms with Crippen molar-refractivity contribution in [2.24, 2.45) is 22.7 Å². The molecule has 11 rings (SSSR count). The summed E-state index contributed by atoms with van der Waals surface area (Å²) in [5, 5.41) is 20.5. The van der Waals surface area contributed by atoms with Crippen molar-refractivity contribution < 1.29 is 59.1 Å². The van der Waals surface area contributed by atoms with Crippen LogP contribution in [0.4, 0.5) is 24.5 Å². The number of aliphatic hydroxyl groups excluding tert-OH is 1. The maximum absolute atomic E-state index is 14.6. The molecule has 7 atom stereocenters. The molecule has 4 saturated heterocycles. The topological polar surface area (TPSA) is 251 Å². The van der Waals surface area contributed by atoms with Crippen molar-refractivity contribution in [1.29, 1.82) is 0 Å². The van der Waals surface area contributed by atoms with Crippen molar-refractivity contribution in [3.05, 3.63) is 160 Å². The number of allylic oxidation sites excluding steroid dienone is 1. The number of aryl methyl sites for hydroxylation is 1. The van der Waals surface area contributed by atoms with E-state index in [1.807, 2.05) is 111 Å². The molecular weight excluding hydrogens is 1480 g/mol. The first-order valence-electron chi connectivity index (χ1n) is 37.3. The van der Waals surface area contributed by atoms with Gasteiger partial charge in [-0.05, 0) is 164 Å². The summed E-state index contributed by atoms with van der Waals surface area (Å²) < 4.78 is 101. The highest BCUT2D eigenvalue weighted by Crippen LogP contribution is 2.44. The normalized spacial score (nSPS) is 20.3.